The van der Waals surface area contributed by atoms with Crippen molar-refractivity contribution in [3.05, 3.63) is 72.5 Å². The zero-order valence-corrected chi connectivity index (χ0v) is 15.9. The smallest absolute Gasteiger partial charge is 0.234 e. The van der Waals surface area contributed by atoms with E-state index in [2.05, 4.69) is 39.8 Å². The van der Waals surface area contributed by atoms with Crippen molar-refractivity contribution in [2.75, 3.05) is 11.1 Å². The quantitative estimate of drug-likeness (QED) is 0.508. The van der Waals surface area contributed by atoms with Crippen molar-refractivity contribution < 1.29 is 9.18 Å². The highest BCUT2D eigenvalue weighted by Crippen LogP contribution is 2.26. The van der Waals surface area contributed by atoms with Gasteiger partial charge in [-0.1, -0.05) is 48.2 Å². The zero-order chi connectivity index (χ0) is 19.5. The van der Waals surface area contributed by atoms with E-state index in [1.54, 1.807) is 0 Å². The summed E-state index contributed by atoms with van der Waals surface area (Å²) in [6, 6.07) is 20.0. The number of carbonyl (C=O) groups excluding carboxylic acids is 1. The van der Waals surface area contributed by atoms with E-state index in [0.29, 0.717) is 10.8 Å². The van der Waals surface area contributed by atoms with Crippen LogP contribution in [-0.4, -0.2) is 26.4 Å². The molecule has 4 aromatic rings. The molecule has 0 aliphatic carbocycles. The first-order valence-electron chi connectivity index (χ1n) is 8.67. The molecule has 0 bridgehead atoms. The number of benzene rings is 3. The van der Waals surface area contributed by atoms with Crippen molar-refractivity contribution in [1.82, 2.24) is 14.8 Å². The number of nitrogens with one attached hydrogen (secondary N) is 1. The van der Waals surface area contributed by atoms with E-state index in [4.69, 9.17) is 0 Å². The molecule has 5 nitrogen and oxygen atoms in total. The van der Waals surface area contributed by atoms with E-state index in [9.17, 15) is 9.18 Å². The van der Waals surface area contributed by atoms with Gasteiger partial charge in [-0.15, -0.1) is 10.2 Å². The van der Waals surface area contributed by atoms with Crippen LogP contribution < -0.4 is 5.32 Å². The van der Waals surface area contributed by atoms with Gasteiger partial charge in [-0.3, -0.25) is 4.79 Å². The number of aromatic nitrogens is 3. The third kappa shape index (κ3) is 3.89. The molecule has 0 aliphatic rings. The first kappa shape index (κ1) is 18.2. The van der Waals surface area contributed by atoms with Gasteiger partial charge in [0.05, 0.1) is 5.75 Å². The molecule has 28 heavy (non-hydrogen) atoms. The number of anilines is 1. The summed E-state index contributed by atoms with van der Waals surface area (Å²) in [4.78, 5) is 12.1. The molecule has 0 aliphatic heterocycles. The Bertz CT molecular complexity index is 1140. The normalized spacial score (nSPS) is 10.9. The monoisotopic (exact) mass is 392 g/mol. The third-order valence-corrected chi connectivity index (χ3v) is 5.32. The van der Waals surface area contributed by atoms with Crippen LogP contribution in [0.2, 0.25) is 0 Å². The van der Waals surface area contributed by atoms with Gasteiger partial charge in [0.25, 0.3) is 0 Å². The molecule has 0 atom stereocenters. The molecule has 7 heteroatoms. The van der Waals surface area contributed by atoms with Gasteiger partial charge in [-0.2, -0.15) is 0 Å². The predicted molar refractivity (Wildman–Crippen MR) is 110 cm³/mol. The number of hydrogen-bond acceptors (Lipinski definition) is 4. The molecule has 4 rings (SSSR count). The second kappa shape index (κ2) is 7.82. The van der Waals surface area contributed by atoms with Crippen LogP contribution in [0.15, 0.2) is 71.9 Å². The molecule has 0 saturated heterocycles. The van der Waals surface area contributed by atoms with E-state index >= 15 is 0 Å². The fraction of sp³-hybridized carbons (Fsp3) is 0.0952. The first-order valence-corrected chi connectivity index (χ1v) is 9.65. The SMILES string of the molecule is Cn1c(SCC(=O)Nc2ccc(F)cc2)nnc1-c1ccc2ccccc2c1. The summed E-state index contributed by atoms with van der Waals surface area (Å²) in [5, 5.41) is 14.2. The molecule has 140 valence electrons. The Labute approximate surface area is 165 Å². The highest BCUT2D eigenvalue weighted by molar-refractivity contribution is 7.99. The average molecular weight is 392 g/mol. The maximum atomic E-state index is 12.9. The summed E-state index contributed by atoms with van der Waals surface area (Å²) >= 11 is 1.30. The Hall–Kier alpha value is -3.19. The fourth-order valence-electron chi connectivity index (χ4n) is 2.88. The van der Waals surface area contributed by atoms with Gasteiger partial charge in [0.1, 0.15) is 5.82 Å². The fourth-order valence-corrected chi connectivity index (χ4v) is 3.59. The number of fused-ring (bicyclic) bond motifs is 1. The van der Waals surface area contributed by atoms with Crippen LogP contribution in [0, 0.1) is 5.82 Å². The van der Waals surface area contributed by atoms with E-state index in [-0.39, 0.29) is 17.5 Å². The Morgan fingerprint density at radius 2 is 1.79 bits per heavy atom. The van der Waals surface area contributed by atoms with Crippen LogP contribution in [0.25, 0.3) is 22.2 Å². The molecule has 0 saturated carbocycles. The largest absolute Gasteiger partial charge is 0.325 e. The van der Waals surface area contributed by atoms with E-state index < -0.39 is 0 Å². The number of thioether (sulfide) groups is 1. The number of carbonyl (C=O) groups is 1. The minimum atomic E-state index is -0.340. The predicted octanol–water partition coefficient (Wildman–Crippen LogP) is 4.51. The number of hydrogen-bond donors (Lipinski definition) is 1. The first-order chi connectivity index (χ1) is 13.6. The standard InChI is InChI=1S/C21H17FN4OS/c1-26-20(16-7-6-14-4-2-3-5-15(14)12-16)24-25-21(26)28-13-19(27)23-18-10-8-17(22)9-11-18/h2-12H,13H2,1H3,(H,23,27). The summed E-state index contributed by atoms with van der Waals surface area (Å²) in [6.07, 6.45) is 0. The molecule has 3 aromatic carbocycles. The second-order valence-electron chi connectivity index (χ2n) is 6.27. The van der Waals surface area contributed by atoms with Crippen LogP contribution >= 0.6 is 11.8 Å². The molecule has 0 fully saturated rings. The summed E-state index contributed by atoms with van der Waals surface area (Å²) in [5.74, 6) is 0.396. The lowest BCUT2D eigenvalue weighted by Gasteiger charge is -2.06. The molecule has 1 N–H and O–H groups in total. The summed E-state index contributed by atoms with van der Waals surface area (Å²) in [5.41, 5.74) is 1.53. The Balaban J connectivity index is 1.45. The molecular weight excluding hydrogens is 375 g/mol. The van der Waals surface area contributed by atoms with Crippen LogP contribution in [0.5, 0.6) is 0 Å². The second-order valence-corrected chi connectivity index (χ2v) is 7.21. The molecule has 1 aromatic heterocycles. The summed E-state index contributed by atoms with van der Waals surface area (Å²) < 4.78 is 14.8. The van der Waals surface area contributed by atoms with Gasteiger partial charge in [0.15, 0.2) is 11.0 Å². The van der Waals surface area contributed by atoms with Crippen molar-refractivity contribution >= 4 is 34.1 Å². The molecule has 1 amide bonds. The topological polar surface area (TPSA) is 59.8 Å². The number of halogens is 1. The van der Waals surface area contributed by atoms with Crippen molar-refractivity contribution in [1.29, 1.82) is 0 Å². The highest BCUT2D eigenvalue weighted by atomic mass is 32.2. The summed E-state index contributed by atoms with van der Waals surface area (Å²) in [7, 11) is 1.88. The van der Waals surface area contributed by atoms with E-state index in [1.165, 1.54) is 41.4 Å². The Kier molecular flexibility index (Phi) is 5.08. The van der Waals surface area contributed by atoms with Crippen molar-refractivity contribution in [2.24, 2.45) is 7.05 Å². The van der Waals surface area contributed by atoms with Crippen LogP contribution in [-0.2, 0) is 11.8 Å². The molecule has 0 radical (unpaired) electrons. The lowest BCUT2D eigenvalue weighted by Crippen LogP contribution is -2.14. The number of nitrogens with zero attached hydrogens (tertiary/aromatic N) is 3. The average Bonchev–Trinajstić information content (AvgIpc) is 3.08. The Morgan fingerprint density at radius 3 is 2.57 bits per heavy atom. The zero-order valence-electron chi connectivity index (χ0n) is 15.1. The number of amides is 1. The number of rotatable bonds is 5. The maximum absolute atomic E-state index is 12.9. The minimum Gasteiger partial charge on any atom is -0.325 e. The van der Waals surface area contributed by atoms with Crippen LogP contribution in [0.1, 0.15) is 0 Å². The molecule has 0 unspecified atom stereocenters. The van der Waals surface area contributed by atoms with E-state index in [0.717, 1.165) is 16.8 Å². The van der Waals surface area contributed by atoms with Gasteiger partial charge in [0, 0.05) is 18.3 Å². The summed E-state index contributed by atoms with van der Waals surface area (Å²) in [6.45, 7) is 0. The van der Waals surface area contributed by atoms with Crippen molar-refractivity contribution in [2.45, 2.75) is 5.16 Å². The van der Waals surface area contributed by atoms with Crippen LogP contribution in [0.4, 0.5) is 10.1 Å². The van der Waals surface area contributed by atoms with Crippen molar-refractivity contribution in [3.63, 3.8) is 0 Å². The molecule has 1 heterocycles. The molecule has 0 spiro atoms. The highest BCUT2D eigenvalue weighted by Gasteiger charge is 2.13. The van der Waals surface area contributed by atoms with Gasteiger partial charge in [0.2, 0.25) is 5.91 Å². The van der Waals surface area contributed by atoms with Crippen molar-refractivity contribution in [3.8, 4) is 11.4 Å². The van der Waals surface area contributed by atoms with Gasteiger partial charge < -0.3 is 9.88 Å². The van der Waals surface area contributed by atoms with Gasteiger partial charge in [-0.25, -0.2) is 4.39 Å². The van der Waals surface area contributed by atoms with E-state index in [1.807, 2.05) is 29.8 Å². The Morgan fingerprint density at radius 1 is 1.04 bits per heavy atom. The maximum Gasteiger partial charge on any atom is 0.234 e. The third-order valence-electron chi connectivity index (χ3n) is 4.30. The lowest BCUT2D eigenvalue weighted by atomic mass is 10.1. The van der Waals surface area contributed by atoms with Gasteiger partial charge >= 0.3 is 0 Å². The molecular formula is C21H17FN4OS. The minimum absolute atomic E-state index is 0.182. The lowest BCUT2D eigenvalue weighted by molar-refractivity contribution is -0.113. The van der Waals surface area contributed by atoms with Crippen LogP contribution in [0.3, 0.4) is 0 Å². The van der Waals surface area contributed by atoms with Gasteiger partial charge in [-0.05, 0) is 41.1 Å².